The molecule has 0 unspecified atom stereocenters. The van der Waals surface area contributed by atoms with Gasteiger partial charge in [-0.3, -0.25) is 0 Å². The molecule has 0 spiro atoms. The van der Waals surface area contributed by atoms with Crippen molar-refractivity contribution in [1.82, 2.24) is 20.3 Å². The summed E-state index contributed by atoms with van der Waals surface area (Å²) in [5.74, 6) is -0.972. The van der Waals surface area contributed by atoms with E-state index >= 15 is 0 Å². The Kier molecular flexibility index (Phi) is 4.21. The summed E-state index contributed by atoms with van der Waals surface area (Å²) in [5.41, 5.74) is 1.04. The van der Waals surface area contributed by atoms with Crippen molar-refractivity contribution in [2.45, 2.75) is 26.8 Å². The van der Waals surface area contributed by atoms with Crippen LogP contribution in [0, 0.1) is 18.6 Å². The molecule has 0 aliphatic rings. The SMILES string of the molecule is CCCNCc1cnnn1-c1cc(F)c(C)cc1F. The zero-order valence-corrected chi connectivity index (χ0v) is 11.0. The lowest BCUT2D eigenvalue weighted by Crippen LogP contribution is -2.17. The fraction of sp³-hybridized carbons (Fsp3) is 0.385. The van der Waals surface area contributed by atoms with Gasteiger partial charge in [0.05, 0.1) is 11.9 Å². The Hall–Kier alpha value is -1.82. The highest BCUT2D eigenvalue weighted by Gasteiger charge is 2.13. The Bertz CT molecular complexity index is 566. The van der Waals surface area contributed by atoms with Gasteiger partial charge in [0, 0.05) is 12.6 Å². The molecule has 1 heterocycles. The maximum absolute atomic E-state index is 13.9. The van der Waals surface area contributed by atoms with E-state index in [-0.39, 0.29) is 11.3 Å². The van der Waals surface area contributed by atoms with Crippen molar-refractivity contribution >= 4 is 0 Å². The number of nitrogens with one attached hydrogen (secondary N) is 1. The summed E-state index contributed by atoms with van der Waals surface area (Å²) < 4.78 is 28.8. The molecule has 0 bridgehead atoms. The van der Waals surface area contributed by atoms with Crippen molar-refractivity contribution in [2.24, 2.45) is 0 Å². The molecule has 19 heavy (non-hydrogen) atoms. The van der Waals surface area contributed by atoms with Gasteiger partial charge in [0.15, 0.2) is 0 Å². The molecule has 0 aliphatic carbocycles. The zero-order chi connectivity index (χ0) is 13.8. The van der Waals surface area contributed by atoms with Gasteiger partial charge >= 0.3 is 0 Å². The van der Waals surface area contributed by atoms with Gasteiger partial charge in [0.1, 0.15) is 17.3 Å². The van der Waals surface area contributed by atoms with Crippen LogP contribution in [0.5, 0.6) is 0 Å². The van der Waals surface area contributed by atoms with Gasteiger partial charge in [0.25, 0.3) is 0 Å². The maximum atomic E-state index is 13.9. The first kappa shape index (κ1) is 13.6. The maximum Gasteiger partial charge on any atom is 0.149 e. The Morgan fingerprint density at radius 1 is 1.26 bits per heavy atom. The molecule has 102 valence electrons. The minimum atomic E-state index is -0.513. The lowest BCUT2D eigenvalue weighted by atomic mass is 10.2. The lowest BCUT2D eigenvalue weighted by Gasteiger charge is -2.09. The summed E-state index contributed by atoms with van der Waals surface area (Å²) in [6, 6.07) is 2.30. The molecule has 0 fully saturated rings. The predicted octanol–water partition coefficient (Wildman–Crippen LogP) is 2.35. The van der Waals surface area contributed by atoms with Crippen LogP contribution in [0.15, 0.2) is 18.3 Å². The summed E-state index contributed by atoms with van der Waals surface area (Å²) >= 11 is 0. The molecule has 4 nitrogen and oxygen atoms in total. The first-order valence-corrected chi connectivity index (χ1v) is 6.19. The zero-order valence-electron chi connectivity index (χ0n) is 11.0. The van der Waals surface area contributed by atoms with Crippen LogP contribution in [0.2, 0.25) is 0 Å². The standard InChI is InChI=1S/C13H16F2N4/c1-3-4-16-7-10-8-17-18-19(10)13-6-11(14)9(2)5-12(13)15/h5-6,8,16H,3-4,7H2,1-2H3. The van der Waals surface area contributed by atoms with Crippen molar-refractivity contribution in [3.8, 4) is 5.69 Å². The van der Waals surface area contributed by atoms with Gasteiger partial charge in [-0.05, 0) is 31.5 Å². The van der Waals surface area contributed by atoms with Gasteiger partial charge < -0.3 is 5.32 Å². The molecule has 0 atom stereocenters. The van der Waals surface area contributed by atoms with E-state index in [4.69, 9.17) is 0 Å². The average molecular weight is 266 g/mol. The molecule has 2 aromatic rings. The minimum Gasteiger partial charge on any atom is -0.311 e. The van der Waals surface area contributed by atoms with E-state index in [0.29, 0.717) is 12.2 Å². The molecule has 1 aromatic heterocycles. The van der Waals surface area contributed by atoms with Gasteiger partial charge in [-0.1, -0.05) is 12.1 Å². The smallest absolute Gasteiger partial charge is 0.149 e. The van der Waals surface area contributed by atoms with Crippen LogP contribution in [0.3, 0.4) is 0 Å². The number of aromatic nitrogens is 3. The largest absolute Gasteiger partial charge is 0.311 e. The van der Waals surface area contributed by atoms with Crippen LogP contribution < -0.4 is 5.32 Å². The molecular formula is C13H16F2N4. The molecule has 1 N–H and O–H groups in total. The molecular weight excluding hydrogens is 250 g/mol. The summed E-state index contributed by atoms with van der Waals surface area (Å²) in [4.78, 5) is 0. The van der Waals surface area contributed by atoms with Gasteiger partial charge in [-0.25, -0.2) is 13.5 Å². The van der Waals surface area contributed by atoms with Crippen molar-refractivity contribution < 1.29 is 8.78 Å². The highest BCUT2D eigenvalue weighted by Crippen LogP contribution is 2.18. The summed E-state index contributed by atoms with van der Waals surface area (Å²) in [6.45, 7) is 4.93. The molecule has 1 aromatic carbocycles. The fourth-order valence-electron chi connectivity index (χ4n) is 1.77. The van der Waals surface area contributed by atoms with Crippen molar-refractivity contribution in [1.29, 1.82) is 0 Å². The summed E-state index contributed by atoms with van der Waals surface area (Å²) in [7, 11) is 0. The summed E-state index contributed by atoms with van der Waals surface area (Å²) in [5, 5.41) is 10.7. The number of hydrogen-bond donors (Lipinski definition) is 1. The second kappa shape index (κ2) is 5.88. The topological polar surface area (TPSA) is 42.7 Å². The number of halogens is 2. The van der Waals surface area contributed by atoms with Crippen LogP contribution in [0.25, 0.3) is 5.69 Å². The van der Waals surface area contributed by atoms with Gasteiger partial charge in [0.2, 0.25) is 0 Å². The van der Waals surface area contributed by atoms with E-state index in [1.165, 1.54) is 11.6 Å². The highest BCUT2D eigenvalue weighted by atomic mass is 19.1. The van der Waals surface area contributed by atoms with Crippen LogP contribution in [-0.4, -0.2) is 21.5 Å². The van der Waals surface area contributed by atoms with Gasteiger partial charge in [-0.15, -0.1) is 5.10 Å². The summed E-state index contributed by atoms with van der Waals surface area (Å²) in [6.07, 6.45) is 2.54. The van der Waals surface area contributed by atoms with Crippen LogP contribution in [0.4, 0.5) is 8.78 Å². The third kappa shape index (κ3) is 2.96. The van der Waals surface area contributed by atoms with Crippen molar-refractivity contribution in [3.05, 3.63) is 41.2 Å². The average Bonchev–Trinajstić information content (AvgIpc) is 2.82. The third-order valence-electron chi connectivity index (χ3n) is 2.81. The minimum absolute atomic E-state index is 0.0777. The van der Waals surface area contributed by atoms with Crippen LogP contribution in [-0.2, 0) is 6.54 Å². The third-order valence-corrected chi connectivity index (χ3v) is 2.81. The highest BCUT2D eigenvalue weighted by molar-refractivity contribution is 5.37. The normalized spacial score (nSPS) is 10.9. The Balaban J connectivity index is 2.32. The van der Waals surface area contributed by atoms with Gasteiger partial charge in [-0.2, -0.15) is 0 Å². The quantitative estimate of drug-likeness (QED) is 0.845. The molecule has 0 aliphatic heterocycles. The van der Waals surface area contributed by atoms with E-state index in [1.54, 1.807) is 6.20 Å². The number of benzene rings is 1. The van der Waals surface area contributed by atoms with Crippen LogP contribution >= 0.6 is 0 Å². The number of aryl methyl sites for hydroxylation is 1. The predicted molar refractivity (Wildman–Crippen MR) is 68.0 cm³/mol. The van der Waals surface area contributed by atoms with E-state index in [9.17, 15) is 8.78 Å². The molecule has 6 heteroatoms. The second-order valence-electron chi connectivity index (χ2n) is 4.37. The monoisotopic (exact) mass is 266 g/mol. The Morgan fingerprint density at radius 2 is 2.05 bits per heavy atom. The number of nitrogens with zero attached hydrogens (tertiary/aromatic N) is 3. The first-order valence-electron chi connectivity index (χ1n) is 6.19. The van der Waals surface area contributed by atoms with E-state index in [1.807, 2.05) is 0 Å². The Morgan fingerprint density at radius 3 is 2.79 bits per heavy atom. The Labute approximate surface area is 110 Å². The number of rotatable bonds is 5. The molecule has 0 saturated heterocycles. The molecule has 0 amide bonds. The van der Waals surface area contributed by atoms with Crippen molar-refractivity contribution in [3.63, 3.8) is 0 Å². The van der Waals surface area contributed by atoms with Crippen molar-refractivity contribution in [2.75, 3.05) is 6.54 Å². The lowest BCUT2D eigenvalue weighted by molar-refractivity contribution is 0.569. The molecule has 0 radical (unpaired) electrons. The second-order valence-corrected chi connectivity index (χ2v) is 4.37. The van der Waals surface area contributed by atoms with E-state index in [0.717, 1.165) is 25.1 Å². The molecule has 2 rings (SSSR count). The van der Waals surface area contributed by atoms with E-state index < -0.39 is 11.6 Å². The van der Waals surface area contributed by atoms with E-state index in [2.05, 4.69) is 22.6 Å². The van der Waals surface area contributed by atoms with Crippen LogP contribution in [0.1, 0.15) is 24.6 Å². The first-order chi connectivity index (χ1) is 9.13. The molecule has 0 saturated carbocycles. The fourth-order valence-corrected chi connectivity index (χ4v) is 1.77. The number of hydrogen-bond acceptors (Lipinski definition) is 3.